The molecular weight excluding hydrogens is 272 g/mol. The quantitative estimate of drug-likeness (QED) is 0.785. The number of aromatic nitrogens is 3. The second-order valence-electron chi connectivity index (χ2n) is 4.52. The van der Waals surface area contributed by atoms with E-state index in [1.807, 2.05) is 38.1 Å². The number of anilines is 1. The molecule has 20 heavy (non-hydrogen) atoms. The molecule has 0 aliphatic rings. The number of nitrogens with one attached hydrogen (secondary N) is 1. The van der Waals surface area contributed by atoms with Crippen LogP contribution in [0.5, 0.6) is 0 Å². The molecule has 0 atom stereocenters. The van der Waals surface area contributed by atoms with Crippen LogP contribution in [-0.4, -0.2) is 21.1 Å². The number of hydrogen-bond acceptors (Lipinski definition) is 5. The molecule has 0 aliphatic carbocycles. The fourth-order valence-electron chi connectivity index (χ4n) is 2.01. The minimum atomic E-state index is -0.213. The van der Waals surface area contributed by atoms with Gasteiger partial charge in [-0.05, 0) is 32.0 Å². The molecule has 1 N–H and O–H groups in total. The highest BCUT2D eigenvalue weighted by atomic mass is 32.1. The van der Waals surface area contributed by atoms with Crippen LogP contribution in [0.1, 0.15) is 21.6 Å². The summed E-state index contributed by atoms with van der Waals surface area (Å²) in [4.78, 5) is 16.7. The third-order valence-electron chi connectivity index (χ3n) is 2.99. The van der Waals surface area contributed by atoms with Gasteiger partial charge in [0, 0.05) is 5.39 Å². The molecular formula is C14H12N4OS. The lowest BCUT2D eigenvalue weighted by Gasteiger charge is -2.07. The molecule has 0 spiro atoms. The van der Waals surface area contributed by atoms with Crippen molar-refractivity contribution in [1.29, 1.82) is 0 Å². The standard InChI is InChI=1S/C14H12N4OS/c1-8-3-4-12-10(5-8)6-11(9(2)16-12)13(19)17-14-18-15-7-20-14/h3-7H,1-2H3,(H,17,18,19). The van der Waals surface area contributed by atoms with E-state index >= 15 is 0 Å². The summed E-state index contributed by atoms with van der Waals surface area (Å²) in [7, 11) is 0. The summed E-state index contributed by atoms with van der Waals surface area (Å²) >= 11 is 1.28. The Kier molecular flexibility index (Phi) is 3.15. The number of nitrogens with zero attached hydrogens (tertiary/aromatic N) is 3. The average Bonchev–Trinajstić information content (AvgIpc) is 2.91. The van der Waals surface area contributed by atoms with Crippen molar-refractivity contribution in [2.45, 2.75) is 13.8 Å². The van der Waals surface area contributed by atoms with Gasteiger partial charge in [-0.25, -0.2) is 0 Å². The largest absolute Gasteiger partial charge is 0.296 e. The molecule has 1 aromatic carbocycles. The lowest BCUT2D eigenvalue weighted by atomic mass is 10.1. The normalized spacial score (nSPS) is 10.7. The van der Waals surface area contributed by atoms with Crippen LogP contribution in [0.15, 0.2) is 29.8 Å². The number of rotatable bonds is 2. The van der Waals surface area contributed by atoms with E-state index < -0.39 is 0 Å². The smallest absolute Gasteiger partial charge is 0.259 e. The van der Waals surface area contributed by atoms with Gasteiger partial charge < -0.3 is 0 Å². The van der Waals surface area contributed by atoms with E-state index in [2.05, 4.69) is 20.5 Å². The molecule has 2 aromatic heterocycles. The third-order valence-corrected chi connectivity index (χ3v) is 3.59. The highest BCUT2D eigenvalue weighted by molar-refractivity contribution is 7.13. The predicted molar refractivity (Wildman–Crippen MR) is 79.1 cm³/mol. The first-order valence-corrected chi connectivity index (χ1v) is 6.97. The number of amides is 1. The van der Waals surface area contributed by atoms with Crippen molar-refractivity contribution in [2.75, 3.05) is 5.32 Å². The fraction of sp³-hybridized carbons (Fsp3) is 0.143. The zero-order valence-electron chi connectivity index (χ0n) is 11.0. The highest BCUT2D eigenvalue weighted by Gasteiger charge is 2.13. The van der Waals surface area contributed by atoms with Crippen LogP contribution >= 0.6 is 11.3 Å². The van der Waals surface area contributed by atoms with Gasteiger partial charge in [0.15, 0.2) is 0 Å². The topological polar surface area (TPSA) is 67.8 Å². The van der Waals surface area contributed by atoms with E-state index in [-0.39, 0.29) is 5.91 Å². The summed E-state index contributed by atoms with van der Waals surface area (Å²) in [6, 6.07) is 7.85. The van der Waals surface area contributed by atoms with Crippen molar-refractivity contribution in [2.24, 2.45) is 0 Å². The molecule has 0 unspecified atom stereocenters. The molecule has 2 heterocycles. The molecule has 5 nitrogen and oxygen atoms in total. The fourth-order valence-corrected chi connectivity index (χ4v) is 2.45. The summed E-state index contributed by atoms with van der Waals surface area (Å²) in [5, 5.41) is 11.7. The van der Waals surface area contributed by atoms with E-state index in [9.17, 15) is 4.79 Å². The maximum atomic E-state index is 12.2. The van der Waals surface area contributed by atoms with Gasteiger partial charge in [0.2, 0.25) is 5.13 Å². The highest BCUT2D eigenvalue weighted by Crippen LogP contribution is 2.19. The second kappa shape index (κ2) is 4.97. The van der Waals surface area contributed by atoms with Gasteiger partial charge in [0.05, 0.1) is 16.8 Å². The van der Waals surface area contributed by atoms with Crippen molar-refractivity contribution in [3.05, 3.63) is 46.6 Å². The number of hydrogen-bond donors (Lipinski definition) is 1. The van der Waals surface area contributed by atoms with Crippen molar-refractivity contribution >= 4 is 33.3 Å². The van der Waals surface area contributed by atoms with Crippen molar-refractivity contribution in [3.8, 4) is 0 Å². The molecule has 0 fully saturated rings. The minimum Gasteiger partial charge on any atom is -0.296 e. The molecule has 0 saturated heterocycles. The zero-order chi connectivity index (χ0) is 14.1. The Morgan fingerprint density at radius 3 is 2.85 bits per heavy atom. The lowest BCUT2D eigenvalue weighted by molar-refractivity contribution is 0.102. The zero-order valence-corrected chi connectivity index (χ0v) is 11.9. The van der Waals surface area contributed by atoms with Gasteiger partial charge >= 0.3 is 0 Å². The third kappa shape index (κ3) is 2.37. The van der Waals surface area contributed by atoms with Gasteiger partial charge in [-0.15, -0.1) is 10.2 Å². The first kappa shape index (κ1) is 12.7. The Morgan fingerprint density at radius 2 is 2.10 bits per heavy atom. The van der Waals surface area contributed by atoms with Crippen molar-refractivity contribution < 1.29 is 4.79 Å². The first-order valence-electron chi connectivity index (χ1n) is 6.09. The van der Waals surface area contributed by atoms with Gasteiger partial charge in [-0.3, -0.25) is 15.1 Å². The number of fused-ring (bicyclic) bond motifs is 1. The van der Waals surface area contributed by atoms with Crippen LogP contribution in [-0.2, 0) is 0 Å². The van der Waals surface area contributed by atoms with Gasteiger partial charge in [-0.1, -0.05) is 23.0 Å². The van der Waals surface area contributed by atoms with Crippen LogP contribution in [0.4, 0.5) is 5.13 Å². The van der Waals surface area contributed by atoms with Crippen LogP contribution < -0.4 is 5.32 Å². The second-order valence-corrected chi connectivity index (χ2v) is 5.35. The Morgan fingerprint density at radius 1 is 1.25 bits per heavy atom. The first-order chi connectivity index (χ1) is 9.63. The van der Waals surface area contributed by atoms with Crippen LogP contribution in [0, 0.1) is 13.8 Å². The number of aryl methyl sites for hydroxylation is 2. The molecule has 6 heteroatoms. The number of pyridine rings is 1. The predicted octanol–water partition coefficient (Wildman–Crippen LogP) is 2.96. The molecule has 3 rings (SSSR count). The maximum Gasteiger partial charge on any atom is 0.259 e. The average molecular weight is 284 g/mol. The van der Waals surface area contributed by atoms with E-state index in [4.69, 9.17) is 0 Å². The maximum absolute atomic E-state index is 12.2. The molecule has 100 valence electrons. The molecule has 0 aliphatic heterocycles. The summed E-state index contributed by atoms with van der Waals surface area (Å²) in [5.41, 5.74) is 4.85. The Hall–Kier alpha value is -2.34. The molecule has 0 radical (unpaired) electrons. The van der Waals surface area contributed by atoms with E-state index in [1.165, 1.54) is 11.3 Å². The van der Waals surface area contributed by atoms with E-state index in [1.54, 1.807) is 5.51 Å². The van der Waals surface area contributed by atoms with Crippen LogP contribution in [0.25, 0.3) is 10.9 Å². The monoisotopic (exact) mass is 284 g/mol. The van der Waals surface area contributed by atoms with Gasteiger partial charge in [-0.2, -0.15) is 0 Å². The van der Waals surface area contributed by atoms with Crippen LogP contribution in [0.2, 0.25) is 0 Å². The Labute approximate surface area is 119 Å². The van der Waals surface area contributed by atoms with Gasteiger partial charge in [0.25, 0.3) is 5.91 Å². The number of carbonyl (C=O) groups excluding carboxylic acids is 1. The number of benzene rings is 1. The summed E-state index contributed by atoms with van der Waals surface area (Å²) in [6.07, 6.45) is 0. The Bertz CT molecular complexity index is 783. The molecule has 0 saturated carbocycles. The number of carbonyl (C=O) groups is 1. The summed E-state index contributed by atoms with van der Waals surface area (Å²) < 4.78 is 0. The van der Waals surface area contributed by atoms with Crippen molar-refractivity contribution in [3.63, 3.8) is 0 Å². The molecule has 0 bridgehead atoms. The van der Waals surface area contributed by atoms with Gasteiger partial charge in [0.1, 0.15) is 5.51 Å². The Balaban J connectivity index is 2.02. The van der Waals surface area contributed by atoms with Crippen molar-refractivity contribution in [1.82, 2.24) is 15.2 Å². The lowest BCUT2D eigenvalue weighted by Crippen LogP contribution is -2.14. The molecule has 1 amide bonds. The van der Waals surface area contributed by atoms with Crippen LogP contribution in [0.3, 0.4) is 0 Å². The molecule has 3 aromatic rings. The summed E-state index contributed by atoms with van der Waals surface area (Å²) in [5.74, 6) is -0.213. The SMILES string of the molecule is Cc1ccc2nc(C)c(C(=O)Nc3nncs3)cc2c1. The van der Waals surface area contributed by atoms with E-state index in [0.717, 1.165) is 16.5 Å². The minimum absolute atomic E-state index is 0.213. The van der Waals surface area contributed by atoms with E-state index in [0.29, 0.717) is 16.4 Å². The summed E-state index contributed by atoms with van der Waals surface area (Å²) in [6.45, 7) is 3.84.